The number of carbonyl (C=O) groups is 2. The van der Waals surface area contributed by atoms with Crippen LogP contribution in [0.1, 0.15) is 54.3 Å². The highest BCUT2D eigenvalue weighted by Crippen LogP contribution is 2.47. The summed E-state index contributed by atoms with van der Waals surface area (Å²) >= 11 is 0. The molecule has 7 heteroatoms. The second-order valence-electron chi connectivity index (χ2n) is 9.33. The number of benzene rings is 3. The molecule has 3 aromatic carbocycles. The van der Waals surface area contributed by atoms with Crippen LogP contribution in [0.4, 0.5) is 8.78 Å². The molecule has 0 aliphatic carbocycles. The zero-order chi connectivity index (χ0) is 24.6. The highest BCUT2D eigenvalue weighted by Gasteiger charge is 2.40. The van der Waals surface area contributed by atoms with Gasteiger partial charge in [0.05, 0.1) is 5.56 Å². The lowest BCUT2D eigenvalue weighted by Gasteiger charge is -2.21. The van der Waals surface area contributed by atoms with Gasteiger partial charge in [-0.3, -0.25) is 9.59 Å². The van der Waals surface area contributed by atoms with Crippen LogP contribution in [0, 0.1) is 11.6 Å². The molecular weight excluding hydrogens is 438 g/mol. The molecule has 2 unspecified atom stereocenters. The van der Waals surface area contributed by atoms with Gasteiger partial charge in [-0.1, -0.05) is 24.3 Å². The maximum Gasteiger partial charge on any atom is 0.254 e. The third-order valence-electron chi connectivity index (χ3n) is 5.66. The van der Waals surface area contributed by atoms with Crippen LogP contribution in [0.3, 0.4) is 0 Å². The number of ether oxygens (including phenoxy) is 1. The van der Waals surface area contributed by atoms with Gasteiger partial charge in [0, 0.05) is 18.2 Å². The molecular formula is C27H26F2N2O3. The van der Waals surface area contributed by atoms with Gasteiger partial charge in [-0.25, -0.2) is 8.78 Å². The number of fused-ring (bicyclic) bond motifs is 1. The lowest BCUT2D eigenvalue weighted by atomic mass is 9.88. The molecule has 2 N–H and O–H groups in total. The molecule has 0 radical (unpaired) electrons. The van der Waals surface area contributed by atoms with Gasteiger partial charge in [-0.2, -0.15) is 0 Å². The normalized spacial score (nSPS) is 17.0. The summed E-state index contributed by atoms with van der Waals surface area (Å²) < 4.78 is 34.0. The summed E-state index contributed by atoms with van der Waals surface area (Å²) in [4.78, 5) is 25.4. The smallest absolute Gasteiger partial charge is 0.254 e. The third-order valence-corrected chi connectivity index (χ3v) is 5.66. The van der Waals surface area contributed by atoms with Gasteiger partial charge in [0.25, 0.3) is 5.91 Å². The van der Waals surface area contributed by atoms with E-state index in [1.807, 2.05) is 26.8 Å². The summed E-state index contributed by atoms with van der Waals surface area (Å²) in [5, 5.41) is 5.45. The molecule has 176 valence electrons. The number of hydrogen-bond donors (Lipinski definition) is 2. The molecule has 1 heterocycles. The van der Waals surface area contributed by atoms with E-state index in [-0.39, 0.29) is 17.3 Å². The summed E-state index contributed by atoms with van der Waals surface area (Å²) in [6, 6.07) is 15.6. The highest BCUT2D eigenvalue weighted by atomic mass is 19.1. The number of hydrogen-bond acceptors (Lipinski definition) is 3. The van der Waals surface area contributed by atoms with Crippen LogP contribution in [0.2, 0.25) is 0 Å². The average molecular weight is 465 g/mol. The first-order chi connectivity index (χ1) is 16.1. The van der Waals surface area contributed by atoms with Crippen molar-refractivity contribution in [3.63, 3.8) is 0 Å². The SMILES string of the molecule is CNC(=O)C1c2cc(-c3ccc(F)c(C(=O)NC(C)(C)C)c3)ccc2OC1c1ccc(F)cc1. The number of amides is 2. The van der Waals surface area contributed by atoms with Crippen LogP contribution in [0.25, 0.3) is 11.1 Å². The summed E-state index contributed by atoms with van der Waals surface area (Å²) in [6.45, 7) is 5.47. The highest BCUT2D eigenvalue weighted by molar-refractivity contribution is 5.96. The predicted octanol–water partition coefficient (Wildman–Crippen LogP) is 5.12. The van der Waals surface area contributed by atoms with E-state index < -0.39 is 29.3 Å². The van der Waals surface area contributed by atoms with Crippen molar-refractivity contribution in [1.82, 2.24) is 10.6 Å². The number of rotatable bonds is 4. The fraction of sp³-hybridized carbons (Fsp3) is 0.259. The Kier molecular flexibility index (Phi) is 6.13. The number of halogens is 2. The fourth-order valence-electron chi connectivity index (χ4n) is 4.08. The number of likely N-dealkylation sites (N-methyl/N-ethyl adjacent to an activating group) is 1. The first-order valence-electron chi connectivity index (χ1n) is 11.0. The van der Waals surface area contributed by atoms with Crippen molar-refractivity contribution in [2.24, 2.45) is 0 Å². The Bertz CT molecular complexity index is 1250. The first-order valence-corrected chi connectivity index (χ1v) is 11.0. The van der Waals surface area contributed by atoms with Crippen molar-refractivity contribution < 1.29 is 23.1 Å². The minimum Gasteiger partial charge on any atom is -0.484 e. The number of carbonyl (C=O) groups excluding carboxylic acids is 2. The van der Waals surface area contributed by atoms with E-state index in [1.54, 1.807) is 37.4 Å². The van der Waals surface area contributed by atoms with Crippen LogP contribution < -0.4 is 15.4 Å². The average Bonchev–Trinajstić information content (AvgIpc) is 3.17. The van der Waals surface area contributed by atoms with E-state index in [0.717, 1.165) is 0 Å². The molecule has 0 aromatic heterocycles. The van der Waals surface area contributed by atoms with Gasteiger partial charge in [0.15, 0.2) is 0 Å². The van der Waals surface area contributed by atoms with Crippen molar-refractivity contribution in [3.8, 4) is 16.9 Å². The maximum absolute atomic E-state index is 14.5. The van der Waals surface area contributed by atoms with Crippen LogP contribution in [0.15, 0.2) is 60.7 Å². The molecule has 0 saturated carbocycles. The Hall–Kier alpha value is -3.74. The monoisotopic (exact) mass is 464 g/mol. The van der Waals surface area contributed by atoms with Crippen LogP contribution in [-0.4, -0.2) is 24.4 Å². The van der Waals surface area contributed by atoms with Crippen molar-refractivity contribution >= 4 is 11.8 Å². The quantitative estimate of drug-likeness (QED) is 0.563. The summed E-state index contributed by atoms with van der Waals surface area (Å²) in [7, 11) is 1.55. The first kappa shape index (κ1) is 23.4. The molecule has 0 fully saturated rings. The van der Waals surface area contributed by atoms with Crippen LogP contribution in [0.5, 0.6) is 5.75 Å². The van der Waals surface area contributed by atoms with Crippen molar-refractivity contribution in [2.75, 3.05) is 7.05 Å². The van der Waals surface area contributed by atoms with Crippen LogP contribution >= 0.6 is 0 Å². The molecule has 0 saturated heterocycles. The van der Waals surface area contributed by atoms with Gasteiger partial charge in [-0.05, 0) is 73.9 Å². The molecule has 5 nitrogen and oxygen atoms in total. The predicted molar refractivity (Wildman–Crippen MR) is 126 cm³/mol. The molecule has 2 atom stereocenters. The second-order valence-corrected chi connectivity index (χ2v) is 9.33. The zero-order valence-corrected chi connectivity index (χ0v) is 19.4. The van der Waals surface area contributed by atoms with Crippen molar-refractivity contribution in [1.29, 1.82) is 0 Å². The molecule has 1 aliphatic rings. The lowest BCUT2D eigenvalue weighted by molar-refractivity contribution is -0.123. The molecule has 2 amide bonds. The second kappa shape index (κ2) is 8.89. The topological polar surface area (TPSA) is 67.4 Å². The van der Waals surface area contributed by atoms with Crippen molar-refractivity contribution in [3.05, 3.63) is 89.0 Å². The Morgan fingerprint density at radius 1 is 0.912 bits per heavy atom. The van der Waals surface area contributed by atoms with Crippen LogP contribution in [-0.2, 0) is 4.79 Å². The third kappa shape index (κ3) is 4.64. The van der Waals surface area contributed by atoms with Crippen molar-refractivity contribution in [2.45, 2.75) is 38.3 Å². The lowest BCUT2D eigenvalue weighted by Crippen LogP contribution is -2.40. The molecule has 0 spiro atoms. The summed E-state index contributed by atoms with van der Waals surface area (Å²) in [5.74, 6) is -1.85. The van der Waals surface area contributed by atoms with Gasteiger partial charge in [0.2, 0.25) is 5.91 Å². The van der Waals surface area contributed by atoms with Gasteiger partial charge >= 0.3 is 0 Å². The van der Waals surface area contributed by atoms with E-state index >= 15 is 0 Å². The minimum absolute atomic E-state index is 0.0591. The van der Waals surface area contributed by atoms with E-state index in [4.69, 9.17) is 4.74 Å². The summed E-state index contributed by atoms with van der Waals surface area (Å²) in [6.07, 6.45) is -0.618. The van der Waals surface area contributed by atoms with E-state index in [0.29, 0.717) is 28.0 Å². The maximum atomic E-state index is 14.5. The van der Waals surface area contributed by atoms with E-state index in [9.17, 15) is 18.4 Å². The zero-order valence-electron chi connectivity index (χ0n) is 19.4. The van der Waals surface area contributed by atoms with Gasteiger partial charge < -0.3 is 15.4 Å². The van der Waals surface area contributed by atoms with E-state index in [2.05, 4.69) is 10.6 Å². The standard InChI is InChI=1S/C27H26F2N2O3/c1-27(2,3)31-25(32)19-13-16(7-11-21(19)29)17-8-12-22-20(14-17)23(26(33)30-4)24(34-22)15-5-9-18(28)10-6-15/h5-14,23-24H,1-4H3,(H,30,33)(H,31,32). The Morgan fingerprint density at radius 2 is 1.56 bits per heavy atom. The summed E-state index contributed by atoms with van der Waals surface area (Å²) in [5.41, 5.74) is 2.11. The molecule has 4 rings (SSSR count). The molecule has 3 aromatic rings. The van der Waals surface area contributed by atoms with Gasteiger partial charge in [0.1, 0.15) is 29.4 Å². The molecule has 1 aliphatic heterocycles. The Labute approximate surface area is 197 Å². The largest absolute Gasteiger partial charge is 0.484 e. The molecule has 0 bridgehead atoms. The minimum atomic E-state index is -0.658. The number of nitrogens with one attached hydrogen (secondary N) is 2. The molecule has 34 heavy (non-hydrogen) atoms. The Morgan fingerprint density at radius 3 is 2.21 bits per heavy atom. The van der Waals surface area contributed by atoms with Gasteiger partial charge in [-0.15, -0.1) is 0 Å². The fourth-order valence-corrected chi connectivity index (χ4v) is 4.08. The Balaban J connectivity index is 1.73. The van der Waals surface area contributed by atoms with E-state index in [1.165, 1.54) is 24.3 Å².